The van der Waals surface area contributed by atoms with Crippen LogP contribution in [0, 0.1) is 0 Å². The molecule has 1 aromatic heterocycles. The number of benzene rings is 1. The van der Waals surface area contributed by atoms with Crippen molar-refractivity contribution in [3.8, 4) is 11.3 Å². The van der Waals surface area contributed by atoms with Crippen molar-refractivity contribution >= 4 is 5.71 Å². The maximum Gasteiger partial charge on any atom is 0.0836 e. The zero-order valence-electron chi connectivity index (χ0n) is 8.96. The first-order valence-corrected chi connectivity index (χ1v) is 5.02. The summed E-state index contributed by atoms with van der Waals surface area (Å²) in [7, 11) is 0. The summed E-state index contributed by atoms with van der Waals surface area (Å²) in [5.41, 5.74) is 3.50. The van der Waals surface area contributed by atoms with Crippen molar-refractivity contribution < 1.29 is 5.21 Å². The molecule has 0 aliphatic heterocycles. The quantitative estimate of drug-likeness (QED) is 0.472. The van der Waals surface area contributed by atoms with Crippen LogP contribution >= 0.6 is 0 Å². The minimum absolute atomic E-state index is 0.604. The Morgan fingerprint density at radius 3 is 2.44 bits per heavy atom. The lowest BCUT2D eigenvalue weighted by Crippen LogP contribution is -1.93. The molecule has 1 heterocycles. The molecule has 0 unspecified atom stereocenters. The lowest BCUT2D eigenvalue weighted by atomic mass is 10.1. The van der Waals surface area contributed by atoms with Gasteiger partial charge in [-0.3, -0.25) is 4.98 Å². The van der Waals surface area contributed by atoms with Crippen LogP contribution in [-0.4, -0.2) is 15.9 Å². The molecule has 0 spiro atoms. The lowest BCUT2D eigenvalue weighted by molar-refractivity contribution is 0.319. The molecule has 0 aliphatic rings. The predicted molar refractivity (Wildman–Crippen MR) is 63.7 cm³/mol. The third-order valence-electron chi connectivity index (χ3n) is 2.41. The number of rotatable bonds is 2. The molecule has 16 heavy (non-hydrogen) atoms. The van der Waals surface area contributed by atoms with Gasteiger partial charge in [-0.15, -0.1) is 0 Å². The molecule has 3 heteroatoms. The summed E-state index contributed by atoms with van der Waals surface area (Å²) >= 11 is 0. The van der Waals surface area contributed by atoms with Gasteiger partial charge in [-0.05, 0) is 24.6 Å². The van der Waals surface area contributed by atoms with Gasteiger partial charge in [0.25, 0.3) is 0 Å². The van der Waals surface area contributed by atoms with Gasteiger partial charge in [0.2, 0.25) is 0 Å². The van der Waals surface area contributed by atoms with Gasteiger partial charge in [-0.2, -0.15) is 0 Å². The van der Waals surface area contributed by atoms with Crippen LogP contribution in [0.3, 0.4) is 0 Å². The smallest absolute Gasteiger partial charge is 0.0836 e. The highest BCUT2D eigenvalue weighted by atomic mass is 16.4. The maximum absolute atomic E-state index is 8.65. The summed E-state index contributed by atoms with van der Waals surface area (Å²) in [5.74, 6) is 0. The van der Waals surface area contributed by atoms with Crippen LogP contribution in [0.4, 0.5) is 0 Å². The van der Waals surface area contributed by atoms with E-state index < -0.39 is 0 Å². The van der Waals surface area contributed by atoms with E-state index in [4.69, 9.17) is 5.21 Å². The van der Waals surface area contributed by atoms with Gasteiger partial charge < -0.3 is 5.21 Å². The second kappa shape index (κ2) is 4.57. The van der Waals surface area contributed by atoms with Gasteiger partial charge >= 0.3 is 0 Å². The largest absolute Gasteiger partial charge is 0.411 e. The minimum Gasteiger partial charge on any atom is -0.411 e. The summed E-state index contributed by atoms with van der Waals surface area (Å²) in [5, 5.41) is 11.8. The molecule has 3 nitrogen and oxygen atoms in total. The molecular formula is C13H12N2O. The van der Waals surface area contributed by atoms with Crippen LogP contribution in [0.2, 0.25) is 0 Å². The maximum atomic E-state index is 8.65. The molecule has 2 rings (SSSR count). The van der Waals surface area contributed by atoms with E-state index in [1.54, 1.807) is 13.1 Å². The first-order valence-electron chi connectivity index (χ1n) is 5.02. The summed E-state index contributed by atoms with van der Waals surface area (Å²) in [4.78, 5) is 4.26. The Bertz CT molecular complexity index is 489. The van der Waals surface area contributed by atoms with Crippen molar-refractivity contribution in [3.05, 3.63) is 54.2 Å². The lowest BCUT2D eigenvalue weighted by Gasteiger charge is -2.02. The van der Waals surface area contributed by atoms with Crippen molar-refractivity contribution in [2.24, 2.45) is 5.16 Å². The highest BCUT2D eigenvalue weighted by Gasteiger charge is 2.00. The van der Waals surface area contributed by atoms with E-state index in [1.807, 2.05) is 42.5 Å². The van der Waals surface area contributed by atoms with Crippen LogP contribution < -0.4 is 0 Å². The van der Waals surface area contributed by atoms with Crippen molar-refractivity contribution in [2.45, 2.75) is 6.92 Å². The highest BCUT2D eigenvalue weighted by Crippen LogP contribution is 2.16. The number of pyridine rings is 1. The Hall–Kier alpha value is -2.16. The van der Waals surface area contributed by atoms with Gasteiger partial charge in [0.05, 0.1) is 11.4 Å². The molecule has 0 aliphatic carbocycles. The SMILES string of the molecule is C/C(=N\O)c1ccc(-c2ccccn2)cc1. The Labute approximate surface area is 94.1 Å². The second-order valence-corrected chi connectivity index (χ2v) is 3.48. The van der Waals surface area contributed by atoms with Gasteiger partial charge in [-0.1, -0.05) is 35.5 Å². The van der Waals surface area contributed by atoms with Crippen LogP contribution in [0.1, 0.15) is 12.5 Å². The van der Waals surface area contributed by atoms with Crippen molar-refractivity contribution in [2.75, 3.05) is 0 Å². The Kier molecular flexibility index (Phi) is 2.96. The fraction of sp³-hybridized carbons (Fsp3) is 0.0769. The fourth-order valence-electron chi connectivity index (χ4n) is 1.47. The highest BCUT2D eigenvalue weighted by molar-refractivity contribution is 5.98. The zero-order valence-corrected chi connectivity index (χ0v) is 8.96. The summed E-state index contributed by atoms with van der Waals surface area (Å²) in [6, 6.07) is 13.6. The monoisotopic (exact) mass is 212 g/mol. The van der Waals surface area contributed by atoms with Crippen molar-refractivity contribution in [3.63, 3.8) is 0 Å². The first kappa shape index (κ1) is 10.4. The van der Waals surface area contributed by atoms with Gasteiger partial charge in [0.1, 0.15) is 0 Å². The first-order chi connectivity index (χ1) is 7.81. The Morgan fingerprint density at radius 2 is 1.88 bits per heavy atom. The van der Waals surface area contributed by atoms with Gasteiger partial charge in [-0.25, -0.2) is 0 Å². The molecule has 0 radical (unpaired) electrons. The van der Waals surface area contributed by atoms with E-state index in [0.717, 1.165) is 16.8 Å². The molecule has 0 saturated carbocycles. The van der Waals surface area contributed by atoms with Gasteiger partial charge in [0, 0.05) is 11.8 Å². The van der Waals surface area contributed by atoms with E-state index in [1.165, 1.54) is 0 Å². The molecular weight excluding hydrogens is 200 g/mol. The number of hydrogen-bond donors (Lipinski definition) is 1. The van der Waals surface area contributed by atoms with Crippen LogP contribution in [-0.2, 0) is 0 Å². The topological polar surface area (TPSA) is 45.5 Å². The average molecular weight is 212 g/mol. The van der Waals surface area contributed by atoms with E-state index >= 15 is 0 Å². The normalized spacial score (nSPS) is 11.4. The van der Waals surface area contributed by atoms with Crippen molar-refractivity contribution in [1.82, 2.24) is 4.98 Å². The van der Waals surface area contributed by atoms with E-state index in [-0.39, 0.29) is 0 Å². The fourth-order valence-corrected chi connectivity index (χ4v) is 1.47. The molecule has 0 atom stereocenters. The Balaban J connectivity index is 2.34. The second-order valence-electron chi connectivity index (χ2n) is 3.48. The van der Waals surface area contributed by atoms with Gasteiger partial charge in [0.15, 0.2) is 0 Å². The van der Waals surface area contributed by atoms with E-state index in [9.17, 15) is 0 Å². The number of hydrogen-bond acceptors (Lipinski definition) is 3. The van der Waals surface area contributed by atoms with E-state index in [0.29, 0.717) is 5.71 Å². The third kappa shape index (κ3) is 2.08. The number of nitrogens with zero attached hydrogens (tertiary/aromatic N) is 2. The number of oxime groups is 1. The predicted octanol–water partition coefficient (Wildman–Crippen LogP) is 2.95. The van der Waals surface area contributed by atoms with Crippen molar-refractivity contribution in [1.29, 1.82) is 0 Å². The summed E-state index contributed by atoms with van der Waals surface area (Å²) in [6.07, 6.45) is 1.77. The average Bonchev–Trinajstić information content (AvgIpc) is 2.39. The van der Waals surface area contributed by atoms with Crippen LogP contribution in [0.15, 0.2) is 53.8 Å². The summed E-state index contributed by atoms with van der Waals surface area (Å²) in [6.45, 7) is 1.76. The molecule has 80 valence electrons. The number of aromatic nitrogens is 1. The van der Waals surface area contributed by atoms with E-state index in [2.05, 4.69) is 10.1 Å². The molecule has 0 bridgehead atoms. The molecule has 1 aromatic carbocycles. The minimum atomic E-state index is 0.604. The van der Waals surface area contributed by atoms with Crippen LogP contribution in [0.5, 0.6) is 0 Å². The molecule has 0 fully saturated rings. The standard InChI is InChI=1S/C13H12N2O/c1-10(15-16)11-5-7-12(8-6-11)13-4-2-3-9-14-13/h2-9,16H,1H3/b15-10+. The summed E-state index contributed by atoms with van der Waals surface area (Å²) < 4.78 is 0. The third-order valence-corrected chi connectivity index (χ3v) is 2.41. The molecule has 1 N–H and O–H groups in total. The van der Waals surface area contributed by atoms with Crippen LogP contribution in [0.25, 0.3) is 11.3 Å². The molecule has 0 amide bonds. The molecule has 2 aromatic rings. The Morgan fingerprint density at radius 1 is 1.12 bits per heavy atom. The molecule has 0 saturated heterocycles. The zero-order chi connectivity index (χ0) is 11.4.